The molecule has 0 amide bonds. The van der Waals surface area contributed by atoms with Crippen molar-refractivity contribution < 1.29 is 9.59 Å². The van der Waals surface area contributed by atoms with E-state index in [1.807, 2.05) is 6.29 Å². The lowest BCUT2D eigenvalue weighted by Crippen LogP contribution is -2.15. The zero-order chi connectivity index (χ0) is 11.5. The molecular formula is C13H23O2. The zero-order valence-electron chi connectivity index (χ0n) is 10.1. The highest BCUT2D eigenvalue weighted by Gasteiger charge is 2.16. The van der Waals surface area contributed by atoms with E-state index in [9.17, 15) is 9.59 Å². The Morgan fingerprint density at radius 1 is 1.07 bits per heavy atom. The van der Waals surface area contributed by atoms with E-state index in [1.165, 1.54) is 12.8 Å². The molecule has 1 atom stereocenters. The second kappa shape index (κ2) is 9.88. The maximum Gasteiger partial charge on any atom is 0.209 e. The molecule has 0 aromatic rings. The molecular weight excluding hydrogens is 188 g/mol. The monoisotopic (exact) mass is 211 g/mol. The van der Waals surface area contributed by atoms with Gasteiger partial charge in [-0.3, -0.25) is 9.59 Å². The first-order valence-electron chi connectivity index (χ1n) is 6.16. The first-order chi connectivity index (χ1) is 7.26. The van der Waals surface area contributed by atoms with Crippen LogP contribution in [0.2, 0.25) is 0 Å². The van der Waals surface area contributed by atoms with Crippen molar-refractivity contribution in [3.8, 4) is 0 Å². The molecule has 0 aromatic carbocycles. The quantitative estimate of drug-likeness (QED) is 0.410. The predicted molar refractivity (Wildman–Crippen MR) is 62.5 cm³/mol. The van der Waals surface area contributed by atoms with Crippen LogP contribution in [0.3, 0.4) is 0 Å². The van der Waals surface area contributed by atoms with Crippen LogP contribution < -0.4 is 0 Å². The first-order valence-corrected chi connectivity index (χ1v) is 6.16. The number of rotatable bonds is 10. The highest BCUT2D eigenvalue weighted by atomic mass is 16.1. The van der Waals surface area contributed by atoms with E-state index in [0.717, 1.165) is 25.7 Å². The Hall–Kier alpha value is -0.660. The van der Waals surface area contributed by atoms with E-state index in [1.54, 1.807) is 0 Å². The fourth-order valence-electron chi connectivity index (χ4n) is 1.59. The van der Waals surface area contributed by atoms with Crippen LogP contribution in [0.5, 0.6) is 0 Å². The third-order valence-electron chi connectivity index (χ3n) is 2.65. The van der Waals surface area contributed by atoms with Crippen molar-refractivity contribution in [2.24, 2.45) is 5.92 Å². The summed E-state index contributed by atoms with van der Waals surface area (Å²) in [6.45, 7) is 4.21. The van der Waals surface area contributed by atoms with E-state index in [0.29, 0.717) is 12.8 Å². The van der Waals surface area contributed by atoms with Crippen LogP contribution in [-0.4, -0.2) is 12.1 Å². The average molecular weight is 211 g/mol. The lowest BCUT2D eigenvalue weighted by molar-refractivity contribution is -0.121. The molecule has 0 aliphatic carbocycles. The summed E-state index contributed by atoms with van der Waals surface area (Å²) >= 11 is 0. The van der Waals surface area contributed by atoms with Gasteiger partial charge >= 0.3 is 0 Å². The topological polar surface area (TPSA) is 34.1 Å². The smallest absolute Gasteiger partial charge is 0.209 e. The number of hydrogen-bond acceptors (Lipinski definition) is 2. The van der Waals surface area contributed by atoms with Crippen molar-refractivity contribution in [3.05, 3.63) is 0 Å². The fourth-order valence-corrected chi connectivity index (χ4v) is 1.59. The molecule has 0 saturated heterocycles. The van der Waals surface area contributed by atoms with Gasteiger partial charge in [0, 0.05) is 6.42 Å². The van der Waals surface area contributed by atoms with E-state index >= 15 is 0 Å². The maximum atomic E-state index is 11.6. The van der Waals surface area contributed by atoms with Gasteiger partial charge in [0.1, 0.15) is 5.78 Å². The van der Waals surface area contributed by atoms with Gasteiger partial charge in [0.2, 0.25) is 6.29 Å². The Bertz CT molecular complexity index is 175. The molecule has 15 heavy (non-hydrogen) atoms. The van der Waals surface area contributed by atoms with Gasteiger partial charge in [-0.1, -0.05) is 46.0 Å². The molecule has 0 aromatic heterocycles. The molecule has 0 N–H and O–H groups in total. The summed E-state index contributed by atoms with van der Waals surface area (Å²) < 4.78 is 0. The highest BCUT2D eigenvalue weighted by Crippen LogP contribution is 2.12. The summed E-state index contributed by atoms with van der Waals surface area (Å²) in [6.07, 6.45) is 9.48. The van der Waals surface area contributed by atoms with E-state index < -0.39 is 5.92 Å². The minimum Gasteiger partial charge on any atom is -0.299 e. The molecule has 0 aliphatic rings. The Labute approximate surface area is 93.4 Å². The normalized spacial score (nSPS) is 12.4. The van der Waals surface area contributed by atoms with Crippen LogP contribution >= 0.6 is 0 Å². The third-order valence-corrected chi connectivity index (χ3v) is 2.65. The predicted octanol–water partition coefficient (Wildman–Crippen LogP) is 3.44. The maximum absolute atomic E-state index is 11.6. The molecule has 0 aliphatic heterocycles. The molecule has 0 saturated carbocycles. The molecule has 1 unspecified atom stereocenters. The third kappa shape index (κ3) is 7.29. The standard InChI is InChI=1S/C13H23O2/c1-3-5-7-8-10-13(15)12(11-14)9-6-4-2/h12H,3-10H2,1-2H3. The molecule has 0 heterocycles. The number of ketones is 1. The number of Topliss-reactive ketones (excluding diaryl/α,β-unsaturated/α-hetero) is 1. The van der Waals surface area contributed by atoms with Crippen LogP contribution in [0.15, 0.2) is 0 Å². The van der Waals surface area contributed by atoms with Gasteiger partial charge in [0.15, 0.2) is 0 Å². The molecule has 0 rings (SSSR count). The van der Waals surface area contributed by atoms with Gasteiger partial charge in [-0.25, -0.2) is 0 Å². The van der Waals surface area contributed by atoms with Gasteiger partial charge in [0.25, 0.3) is 0 Å². The average Bonchev–Trinajstić information content (AvgIpc) is 2.25. The van der Waals surface area contributed by atoms with Crippen LogP contribution in [0.1, 0.15) is 65.2 Å². The van der Waals surface area contributed by atoms with Crippen molar-refractivity contribution in [1.82, 2.24) is 0 Å². The Kier molecular flexibility index (Phi) is 9.44. The van der Waals surface area contributed by atoms with Crippen molar-refractivity contribution in [2.45, 2.75) is 65.2 Å². The number of hydrogen-bond donors (Lipinski definition) is 0. The SMILES string of the molecule is CCCCCCC(=O)C([C]=O)CCCC. The Balaban J connectivity index is 3.68. The molecule has 1 radical (unpaired) electrons. The zero-order valence-corrected chi connectivity index (χ0v) is 10.1. The van der Waals surface area contributed by atoms with Gasteiger partial charge < -0.3 is 0 Å². The minimum atomic E-state index is -0.452. The summed E-state index contributed by atoms with van der Waals surface area (Å²) in [7, 11) is 0. The van der Waals surface area contributed by atoms with Crippen LogP contribution in [0, 0.1) is 5.92 Å². The number of carbonyl (C=O) groups excluding carboxylic acids is 2. The Morgan fingerprint density at radius 3 is 2.27 bits per heavy atom. The van der Waals surface area contributed by atoms with Crippen molar-refractivity contribution >= 4 is 12.1 Å². The molecule has 2 nitrogen and oxygen atoms in total. The lowest BCUT2D eigenvalue weighted by Gasteiger charge is -2.07. The van der Waals surface area contributed by atoms with Crippen molar-refractivity contribution in [2.75, 3.05) is 0 Å². The summed E-state index contributed by atoms with van der Waals surface area (Å²) in [6, 6.07) is 0. The van der Waals surface area contributed by atoms with Crippen LogP contribution in [-0.2, 0) is 9.59 Å². The molecule has 0 bridgehead atoms. The van der Waals surface area contributed by atoms with E-state index in [2.05, 4.69) is 13.8 Å². The summed E-state index contributed by atoms with van der Waals surface area (Å²) in [5, 5.41) is 0. The van der Waals surface area contributed by atoms with E-state index in [-0.39, 0.29) is 5.78 Å². The highest BCUT2D eigenvalue weighted by molar-refractivity contribution is 5.93. The molecule has 2 heteroatoms. The summed E-state index contributed by atoms with van der Waals surface area (Å²) in [4.78, 5) is 22.2. The molecule has 0 fully saturated rings. The van der Waals surface area contributed by atoms with Gasteiger partial charge in [-0.2, -0.15) is 0 Å². The summed E-state index contributed by atoms with van der Waals surface area (Å²) in [5.41, 5.74) is 0. The second-order valence-corrected chi connectivity index (χ2v) is 4.09. The van der Waals surface area contributed by atoms with Crippen LogP contribution in [0.4, 0.5) is 0 Å². The summed E-state index contributed by atoms with van der Waals surface area (Å²) in [5.74, 6) is -0.360. The largest absolute Gasteiger partial charge is 0.299 e. The molecule has 0 spiro atoms. The second-order valence-electron chi connectivity index (χ2n) is 4.09. The number of carbonyl (C=O) groups is 1. The first kappa shape index (κ1) is 14.3. The van der Waals surface area contributed by atoms with Crippen LogP contribution in [0.25, 0.3) is 0 Å². The van der Waals surface area contributed by atoms with Gasteiger partial charge in [0.05, 0.1) is 5.92 Å². The van der Waals surface area contributed by atoms with Gasteiger partial charge in [-0.15, -0.1) is 0 Å². The fraction of sp³-hybridized carbons (Fsp3) is 0.846. The van der Waals surface area contributed by atoms with Crippen molar-refractivity contribution in [3.63, 3.8) is 0 Å². The lowest BCUT2D eigenvalue weighted by atomic mass is 9.95. The molecule has 87 valence electrons. The van der Waals surface area contributed by atoms with E-state index in [4.69, 9.17) is 0 Å². The Morgan fingerprint density at radius 2 is 1.73 bits per heavy atom. The van der Waals surface area contributed by atoms with Gasteiger partial charge in [-0.05, 0) is 12.8 Å². The van der Waals surface area contributed by atoms with Crippen molar-refractivity contribution in [1.29, 1.82) is 0 Å². The minimum absolute atomic E-state index is 0.0922. The number of unbranched alkanes of at least 4 members (excludes halogenated alkanes) is 4.